The lowest BCUT2D eigenvalue weighted by atomic mass is 9.98. The largest absolute Gasteiger partial charge is 0.377 e. The van der Waals surface area contributed by atoms with Crippen molar-refractivity contribution in [1.29, 1.82) is 0 Å². The molecule has 0 aliphatic heterocycles. The zero-order valence-electron chi connectivity index (χ0n) is 7.71. The van der Waals surface area contributed by atoms with E-state index in [-0.39, 0.29) is 0 Å². The van der Waals surface area contributed by atoms with Crippen LogP contribution in [0.15, 0.2) is 35.3 Å². The number of rotatable bonds is 2. The van der Waals surface area contributed by atoms with Crippen LogP contribution in [0, 0.1) is 0 Å². The van der Waals surface area contributed by atoms with E-state index in [0.717, 1.165) is 0 Å². The minimum absolute atomic E-state index is 0.617. The van der Waals surface area contributed by atoms with Crippen LogP contribution in [0.4, 0.5) is 0 Å². The second-order valence-corrected chi connectivity index (χ2v) is 3.88. The average Bonchev–Trinajstić information content (AvgIpc) is 2.72. The number of thiazole rings is 1. The molecule has 2 rings (SSSR count). The molecule has 3 nitrogen and oxygen atoms in total. The molecule has 1 unspecified atom stereocenters. The summed E-state index contributed by atoms with van der Waals surface area (Å²) in [5.74, 6) is 0. The fourth-order valence-electron chi connectivity index (χ4n) is 1.23. The van der Waals surface area contributed by atoms with Gasteiger partial charge >= 0.3 is 0 Å². The number of hydrogen-bond acceptors (Lipinski definition) is 4. The van der Waals surface area contributed by atoms with Gasteiger partial charge in [-0.1, -0.05) is 6.07 Å². The Bertz CT molecular complexity index is 397. The quantitative estimate of drug-likeness (QED) is 0.814. The molecular weight excluding hydrogens is 196 g/mol. The summed E-state index contributed by atoms with van der Waals surface area (Å²) in [6.07, 6.45) is 1.66. The van der Waals surface area contributed by atoms with Crippen molar-refractivity contribution in [2.24, 2.45) is 0 Å². The molecule has 0 bridgehead atoms. The van der Waals surface area contributed by atoms with Gasteiger partial charge in [-0.3, -0.25) is 4.98 Å². The number of aliphatic hydroxyl groups is 1. The zero-order chi connectivity index (χ0) is 10.0. The van der Waals surface area contributed by atoms with Gasteiger partial charge in [0.1, 0.15) is 5.60 Å². The summed E-state index contributed by atoms with van der Waals surface area (Å²) in [5, 5.41) is 12.1. The lowest BCUT2D eigenvalue weighted by Gasteiger charge is -2.19. The van der Waals surface area contributed by atoms with Gasteiger partial charge < -0.3 is 5.11 Å². The van der Waals surface area contributed by atoms with Crippen LogP contribution in [-0.2, 0) is 5.60 Å². The molecule has 0 saturated carbocycles. The Morgan fingerprint density at radius 1 is 1.29 bits per heavy atom. The third kappa shape index (κ3) is 1.54. The molecule has 2 aromatic heterocycles. The molecule has 0 saturated heterocycles. The minimum atomic E-state index is -1.10. The van der Waals surface area contributed by atoms with Gasteiger partial charge in [0.05, 0.1) is 16.9 Å². The van der Waals surface area contributed by atoms with Crippen LogP contribution < -0.4 is 0 Å². The van der Waals surface area contributed by atoms with Crippen LogP contribution in [0.5, 0.6) is 0 Å². The second kappa shape index (κ2) is 3.48. The van der Waals surface area contributed by atoms with Crippen molar-refractivity contribution < 1.29 is 5.11 Å². The summed E-state index contributed by atoms with van der Waals surface area (Å²) < 4.78 is 0. The highest BCUT2D eigenvalue weighted by Gasteiger charge is 2.28. The molecule has 0 fully saturated rings. The van der Waals surface area contributed by atoms with E-state index in [1.54, 1.807) is 24.7 Å². The summed E-state index contributed by atoms with van der Waals surface area (Å²) in [5.41, 5.74) is 1.86. The Morgan fingerprint density at radius 3 is 2.71 bits per heavy atom. The lowest BCUT2D eigenvalue weighted by molar-refractivity contribution is 0.0933. The average molecular weight is 206 g/mol. The maximum atomic E-state index is 10.2. The molecule has 0 aliphatic rings. The van der Waals surface area contributed by atoms with Gasteiger partial charge in [0.2, 0.25) is 0 Å². The topological polar surface area (TPSA) is 46.0 Å². The van der Waals surface area contributed by atoms with Gasteiger partial charge in [-0.15, -0.1) is 11.3 Å². The van der Waals surface area contributed by atoms with E-state index in [0.29, 0.717) is 11.4 Å². The SMILES string of the molecule is CC(O)(c1ccccn1)c1cscn1. The molecule has 0 aromatic carbocycles. The van der Waals surface area contributed by atoms with E-state index < -0.39 is 5.60 Å². The van der Waals surface area contributed by atoms with Crippen LogP contribution in [0.3, 0.4) is 0 Å². The van der Waals surface area contributed by atoms with Gasteiger partial charge in [0.15, 0.2) is 0 Å². The summed E-state index contributed by atoms with van der Waals surface area (Å²) >= 11 is 1.46. The Hall–Kier alpha value is -1.26. The standard InChI is InChI=1S/C10H10N2OS/c1-10(13,9-6-14-7-12-9)8-4-2-3-5-11-8/h2-7,13H,1H3. The molecule has 0 radical (unpaired) electrons. The molecule has 2 heterocycles. The van der Waals surface area contributed by atoms with Crippen molar-refractivity contribution in [2.45, 2.75) is 12.5 Å². The Balaban J connectivity index is 2.43. The molecule has 2 aromatic rings. The van der Waals surface area contributed by atoms with Crippen LogP contribution in [0.25, 0.3) is 0 Å². The summed E-state index contributed by atoms with van der Waals surface area (Å²) in [7, 11) is 0. The number of pyridine rings is 1. The molecule has 14 heavy (non-hydrogen) atoms. The lowest BCUT2D eigenvalue weighted by Crippen LogP contribution is -2.24. The second-order valence-electron chi connectivity index (χ2n) is 3.16. The molecular formula is C10H10N2OS. The monoisotopic (exact) mass is 206 g/mol. The first kappa shape index (κ1) is 9.30. The van der Waals surface area contributed by atoms with Crippen LogP contribution in [0.1, 0.15) is 18.3 Å². The van der Waals surface area contributed by atoms with Gasteiger partial charge in [0.25, 0.3) is 0 Å². The van der Waals surface area contributed by atoms with Crippen molar-refractivity contribution in [1.82, 2.24) is 9.97 Å². The summed E-state index contributed by atoms with van der Waals surface area (Å²) in [6.45, 7) is 1.70. The van der Waals surface area contributed by atoms with E-state index in [9.17, 15) is 5.11 Å². The van der Waals surface area contributed by atoms with Crippen molar-refractivity contribution >= 4 is 11.3 Å². The Kier molecular flexibility index (Phi) is 2.31. The Labute approximate surface area is 86.1 Å². The van der Waals surface area contributed by atoms with Crippen LogP contribution in [0.2, 0.25) is 0 Å². The molecule has 0 amide bonds. The fraction of sp³-hybridized carbons (Fsp3) is 0.200. The van der Waals surface area contributed by atoms with Crippen molar-refractivity contribution in [3.8, 4) is 0 Å². The molecule has 72 valence electrons. The smallest absolute Gasteiger partial charge is 0.146 e. The molecule has 1 N–H and O–H groups in total. The van der Waals surface area contributed by atoms with Crippen LogP contribution >= 0.6 is 11.3 Å². The first-order valence-electron chi connectivity index (χ1n) is 4.24. The first-order chi connectivity index (χ1) is 6.71. The number of aromatic nitrogens is 2. The highest BCUT2D eigenvalue weighted by molar-refractivity contribution is 7.07. The van der Waals surface area contributed by atoms with Gasteiger partial charge in [-0.05, 0) is 19.1 Å². The predicted octanol–water partition coefficient (Wildman–Crippen LogP) is 1.79. The van der Waals surface area contributed by atoms with Gasteiger partial charge in [0, 0.05) is 11.6 Å². The van der Waals surface area contributed by atoms with Crippen molar-refractivity contribution in [3.05, 3.63) is 46.7 Å². The first-order valence-corrected chi connectivity index (χ1v) is 5.18. The molecule has 0 aliphatic carbocycles. The van der Waals surface area contributed by atoms with E-state index in [1.165, 1.54) is 11.3 Å². The fourth-order valence-corrected chi connectivity index (χ4v) is 1.89. The summed E-state index contributed by atoms with van der Waals surface area (Å²) in [6, 6.07) is 5.46. The third-order valence-electron chi connectivity index (χ3n) is 2.09. The van der Waals surface area contributed by atoms with E-state index >= 15 is 0 Å². The maximum absolute atomic E-state index is 10.2. The van der Waals surface area contributed by atoms with Gasteiger partial charge in [-0.25, -0.2) is 4.98 Å². The van der Waals surface area contributed by atoms with Crippen LogP contribution in [-0.4, -0.2) is 15.1 Å². The van der Waals surface area contributed by atoms with E-state index in [1.807, 2.05) is 17.5 Å². The van der Waals surface area contributed by atoms with Gasteiger partial charge in [-0.2, -0.15) is 0 Å². The highest BCUT2D eigenvalue weighted by Crippen LogP contribution is 2.26. The number of nitrogens with zero attached hydrogens (tertiary/aromatic N) is 2. The zero-order valence-corrected chi connectivity index (χ0v) is 8.53. The van der Waals surface area contributed by atoms with E-state index in [2.05, 4.69) is 9.97 Å². The predicted molar refractivity (Wildman–Crippen MR) is 55.0 cm³/mol. The summed E-state index contributed by atoms with van der Waals surface area (Å²) in [4.78, 5) is 8.21. The molecule has 4 heteroatoms. The Morgan fingerprint density at radius 2 is 2.14 bits per heavy atom. The van der Waals surface area contributed by atoms with E-state index in [4.69, 9.17) is 0 Å². The third-order valence-corrected chi connectivity index (χ3v) is 2.68. The number of hydrogen-bond donors (Lipinski definition) is 1. The van der Waals surface area contributed by atoms with Crippen molar-refractivity contribution in [3.63, 3.8) is 0 Å². The van der Waals surface area contributed by atoms with Crippen molar-refractivity contribution in [2.75, 3.05) is 0 Å². The highest BCUT2D eigenvalue weighted by atomic mass is 32.1. The molecule has 1 atom stereocenters. The normalized spacial score (nSPS) is 15.0. The minimum Gasteiger partial charge on any atom is -0.377 e. The maximum Gasteiger partial charge on any atom is 0.146 e. The molecule has 0 spiro atoms.